The fraction of sp³-hybridized carbons (Fsp3) is 0.348. The van der Waals surface area contributed by atoms with Gasteiger partial charge in [0, 0.05) is 38.6 Å². The van der Waals surface area contributed by atoms with Crippen molar-refractivity contribution in [3.05, 3.63) is 65.2 Å². The third-order valence-corrected chi connectivity index (χ3v) is 6.64. The minimum absolute atomic E-state index is 0. The van der Waals surface area contributed by atoms with Crippen molar-refractivity contribution in [3.63, 3.8) is 0 Å². The first-order chi connectivity index (χ1) is 17.3. The molecule has 4 rings (SSSR count). The average molecular weight is 582 g/mol. The van der Waals surface area contributed by atoms with Gasteiger partial charge in [0.25, 0.3) is 0 Å². The summed E-state index contributed by atoms with van der Waals surface area (Å²) in [6.07, 6.45) is -0.893. The summed E-state index contributed by atoms with van der Waals surface area (Å²) in [5.74, 6) is -3.09. The van der Waals surface area contributed by atoms with E-state index in [1.54, 1.807) is 7.05 Å². The number of nitrogens with zero attached hydrogens (tertiary/aromatic N) is 4. The molecule has 0 bridgehead atoms. The Hall–Kier alpha value is -1.38. The van der Waals surface area contributed by atoms with Crippen molar-refractivity contribution in [3.8, 4) is 5.75 Å². The van der Waals surface area contributed by atoms with Gasteiger partial charge in [0.05, 0.1) is 13.1 Å². The van der Waals surface area contributed by atoms with Crippen LogP contribution >= 0.6 is 7.82 Å². The molecule has 2 aromatic rings. The van der Waals surface area contributed by atoms with Crippen LogP contribution in [-0.2, 0) is 31.9 Å². The Morgan fingerprint density at radius 3 is 2.31 bits per heavy atom. The van der Waals surface area contributed by atoms with Gasteiger partial charge in [-0.3, -0.25) is 19.4 Å². The Morgan fingerprint density at radius 2 is 1.74 bits per heavy atom. The minimum atomic E-state index is -5.26. The molecule has 16 heteroatoms. The summed E-state index contributed by atoms with van der Waals surface area (Å²) in [5.41, 5.74) is 0.569. The zero-order chi connectivity index (χ0) is 27.1. The first kappa shape index (κ1) is 33.8. The molecule has 39 heavy (non-hydrogen) atoms. The number of likely N-dealkylation sites (N-methyl/N-ethyl adjacent to an activating group) is 1. The molecule has 0 saturated carbocycles. The maximum atomic E-state index is 14.4. The molecule has 198 valence electrons. The quantitative estimate of drug-likeness (QED) is 0.243. The summed E-state index contributed by atoms with van der Waals surface area (Å²) < 4.78 is 43.0. The largest absolute Gasteiger partial charge is 1.00 e. The molecule has 11 nitrogen and oxygen atoms in total. The zero-order valence-corrected chi connectivity index (χ0v) is 26.8. The van der Waals surface area contributed by atoms with Crippen molar-refractivity contribution in [1.82, 2.24) is 19.8 Å². The second-order valence-corrected chi connectivity index (χ2v) is 9.89. The van der Waals surface area contributed by atoms with E-state index in [9.17, 15) is 37.5 Å². The molecule has 0 aromatic heterocycles. The van der Waals surface area contributed by atoms with Crippen LogP contribution in [0, 0.1) is 11.6 Å². The maximum Gasteiger partial charge on any atom is 1.00 e. The Kier molecular flexibility index (Phi) is 11.7. The van der Waals surface area contributed by atoms with Crippen molar-refractivity contribution in [2.24, 2.45) is 0 Å². The van der Waals surface area contributed by atoms with Crippen LogP contribution in [0.1, 0.15) is 18.1 Å². The van der Waals surface area contributed by atoms with Gasteiger partial charge in [-0.1, -0.05) is 18.2 Å². The smallest absolute Gasteiger partial charge is 0.780 e. The maximum absolute atomic E-state index is 14.4. The van der Waals surface area contributed by atoms with E-state index >= 15 is 0 Å². The number of benzene rings is 2. The number of piperazine rings is 1. The van der Waals surface area contributed by atoms with Crippen molar-refractivity contribution < 1.29 is 101 Å². The molecule has 2 saturated heterocycles. The molecule has 0 aliphatic carbocycles. The van der Waals surface area contributed by atoms with Crippen LogP contribution in [0.4, 0.5) is 8.78 Å². The van der Waals surface area contributed by atoms with Crippen LogP contribution in [0.15, 0.2) is 42.5 Å². The van der Waals surface area contributed by atoms with Crippen molar-refractivity contribution in [2.45, 2.75) is 32.1 Å². The van der Waals surface area contributed by atoms with Crippen molar-refractivity contribution >= 4 is 25.5 Å². The van der Waals surface area contributed by atoms with E-state index in [1.165, 1.54) is 57.1 Å². The SMILES string of the molecule is CC(=O)N1[C@H]2CN(Cc3ccc(F)cc3F)C(=O)[C@H](Cc3ccc(OP(=O)([O-])[O-])cc3)N2C(=O)CN1C.[Na+].[Na+]. The van der Waals surface area contributed by atoms with E-state index in [1.807, 2.05) is 0 Å². The summed E-state index contributed by atoms with van der Waals surface area (Å²) in [6.45, 7) is 0.853. The molecule has 2 heterocycles. The van der Waals surface area contributed by atoms with Crippen LogP contribution in [0.2, 0.25) is 0 Å². The fourth-order valence-electron chi connectivity index (χ4n) is 4.70. The molecule has 0 spiro atoms. The number of phosphoric ester groups is 1. The molecule has 3 amide bonds. The first-order valence-electron chi connectivity index (χ1n) is 11.2. The predicted molar refractivity (Wildman–Crippen MR) is 120 cm³/mol. The van der Waals surface area contributed by atoms with Crippen LogP contribution in [-0.4, -0.2) is 69.9 Å². The molecular weight excluding hydrogens is 559 g/mol. The molecule has 0 N–H and O–H groups in total. The van der Waals surface area contributed by atoms with Crippen LogP contribution in [0.5, 0.6) is 5.75 Å². The number of fused-ring (bicyclic) bond motifs is 1. The minimum Gasteiger partial charge on any atom is -0.780 e. The van der Waals surface area contributed by atoms with Gasteiger partial charge in [-0.15, -0.1) is 0 Å². The van der Waals surface area contributed by atoms with Gasteiger partial charge in [-0.05, 0) is 23.8 Å². The molecule has 0 radical (unpaired) electrons. The second-order valence-electron chi connectivity index (χ2n) is 8.82. The van der Waals surface area contributed by atoms with E-state index in [0.29, 0.717) is 11.6 Å². The second kappa shape index (κ2) is 13.5. The van der Waals surface area contributed by atoms with Crippen molar-refractivity contribution in [2.75, 3.05) is 20.1 Å². The molecule has 2 aromatic carbocycles. The van der Waals surface area contributed by atoms with Crippen LogP contribution < -0.4 is 73.4 Å². The monoisotopic (exact) mass is 582 g/mol. The van der Waals surface area contributed by atoms with Gasteiger partial charge in [-0.2, -0.15) is 0 Å². The van der Waals surface area contributed by atoms with Gasteiger partial charge in [0.15, 0.2) is 0 Å². The number of carbonyl (C=O) groups excluding carboxylic acids is 3. The Morgan fingerprint density at radius 1 is 1.10 bits per heavy atom. The zero-order valence-electron chi connectivity index (χ0n) is 21.9. The Labute approximate surface area is 267 Å². The van der Waals surface area contributed by atoms with E-state index in [0.717, 1.165) is 6.07 Å². The number of carbonyl (C=O) groups is 3. The van der Waals surface area contributed by atoms with Gasteiger partial charge in [0.1, 0.15) is 37.4 Å². The molecule has 2 fully saturated rings. The third-order valence-electron chi connectivity index (χ3n) is 6.21. The topological polar surface area (TPSA) is 137 Å². The Balaban J connectivity index is 0.00000267. The standard InChI is InChI=1S/C23H25F2N4O7P.2Na/c1-14(30)29-21-12-27(11-16-5-6-17(24)10-19(16)25)23(32)20(28(21)22(31)13-26(29)2)9-15-3-7-18(8-4-15)36-37(33,34)35;;/h3-8,10,20-21H,9,11-13H2,1-2H3,(H2,33,34,35);;/q;2*+1/p-2/t20-,21-;;/m0../s1. The number of phosphoric acid groups is 1. The van der Waals surface area contributed by atoms with E-state index in [2.05, 4.69) is 4.52 Å². The summed E-state index contributed by atoms with van der Waals surface area (Å²) in [6, 6.07) is 7.28. The molecule has 2 aliphatic rings. The normalized spacial score (nSPS) is 19.7. The number of hydrogen-bond donors (Lipinski definition) is 0. The number of halogens is 2. The number of amides is 3. The van der Waals surface area contributed by atoms with Crippen molar-refractivity contribution in [1.29, 1.82) is 0 Å². The van der Waals surface area contributed by atoms with Gasteiger partial charge < -0.3 is 28.7 Å². The predicted octanol–water partition coefficient (Wildman–Crippen LogP) is -6.00. The number of hydrogen-bond acceptors (Lipinski definition) is 8. The summed E-state index contributed by atoms with van der Waals surface area (Å²) >= 11 is 0. The van der Waals surface area contributed by atoms with E-state index in [-0.39, 0.29) is 102 Å². The van der Waals surface area contributed by atoms with Crippen LogP contribution in [0.25, 0.3) is 0 Å². The summed E-state index contributed by atoms with van der Waals surface area (Å²) in [7, 11) is -3.69. The third kappa shape index (κ3) is 7.88. The first-order valence-corrected chi connectivity index (χ1v) is 12.7. The van der Waals surface area contributed by atoms with Crippen LogP contribution in [0.3, 0.4) is 0 Å². The summed E-state index contributed by atoms with van der Waals surface area (Å²) in [4.78, 5) is 63.5. The molecular formula is C23H23F2N4Na2O7P. The molecule has 2 aliphatic heterocycles. The number of hydrazine groups is 1. The van der Waals surface area contributed by atoms with Gasteiger partial charge >= 0.3 is 59.1 Å². The molecule has 2 atom stereocenters. The number of rotatable bonds is 6. The van der Waals surface area contributed by atoms with Gasteiger partial charge in [-0.25, -0.2) is 13.8 Å². The Bertz CT molecular complexity index is 1280. The fourth-order valence-corrected chi connectivity index (χ4v) is 5.08. The molecule has 0 unspecified atom stereocenters. The average Bonchev–Trinajstić information content (AvgIpc) is 2.78. The van der Waals surface area contributed by atoms with E-state index < -0.39 is 43.5 Å². The van der Waals surface area contributed by atoms with E-state index in [4.69, 9.17) is 0 Å². The van der Waals surface area contributed by atoms with Gasteiger partial charge in [0.2, 0.25) is 17.7 Å². The summed E-state index contributed by atoms with van der Waals surface area (Å²) in [5, 5.41) is 2.80.